The summed E-state index contributed by atoms with van der Waals surface area (Å²) in [6.45, 7) is 2.25. The van der Waals surface area contributed by atoms with Crippen molar-refractivity contribution in [3.8, 4) is 0 Å². The molecule has 1 aromatic heterocycles. The van der Waals surface area contributed by atoms with Gasteiger partial charge in [-0.1, -0.05) is 36.4 Å². The Morgan fingerprint density at radius 2 is 1.94 bits per heavy atom. The maximum atomic E-state index is 12.9. The molecule has 1 saturated heterocycles. The molecule has 1 amide bonds. The summed E-state index contributed by atoms with van der Waals surface area (Å²) in [5.74, 6) is -0.700. The van der Waals surface area contributed by atoms with Crippen LogP contribution in [0.2, 0.25) is 0 Å². The smallest absolute Gasteiger partial charge is 0.264 e. The average Bonchev–Trinajstić information content (AvgIpc) is 3.27. The first kappa shape index (κ1) is 25.3. The Hall–Kier alpha value is -2.75. The number of fused-ring (bicyclic) bond motifs is 1. The standard InChI is InChI=1S/C26H33N3O5S/c1-26(35(2,31)32,25(30)28-34-24-10-6-7-17-33-24)15-16-29-23-14-13-21(18-22(23)19-27-29)12-11-20-8-4-3-5-9-20/h3-5,8-9,13-14,18-19,24H,6-7,10-12,15-17H2,1-2H3,(H,28,30)/t24?,26-/m0/s1. The Bertz CT molecular complexity index is 1250. The highest BCUT2D eigenvalue weighted by Gasteiger charge is 2.44. The van der Waals surface area contributed by atoms with Gasteiger partial charge in [-0.05, 0) is 62.3 Å². The van der Waals surface area contributed by atoms with Crippen LogP contribution >= 0.6 is 0 Å². The Balaban J connectivity index is 1.42. The van der Waals surface area contributed by atoms with E-state index in [2.05, 4.69) is 34.8 Å². The number of hydrogen-bond acceptors (Lipinski definition) is 6. The number of rotatable bonds is 10. The number of amides is 1. The highest BCUT2D eigenvalue weighted by Crippen LogP contribution is 2.25. The molecule has 0 aliphatic carbocycles. The van der Waals surface area contributed by atoms with E-state index in [1.165, 1.54) is 18.1 Å². The minimum Gasteiger partial charge on any atom is -0.350 e. The van der Waals surface area contributed by atoms with E-state index in [-0.39, 0.29) is 13.0 Å². The van der Waals surface area contributed by atoms with Gasteiger partial charge in [0, 0.05) is 31.2 Å². The number of nitrogens with zero attached hydrogens (tertiary/aromatic N) is 2. The average molecular weight is 500 g/mol. The van der Waals surface area contributed by atoms with Crippen molar-refractivity contribution in [2.45, 2.75) is 63.0 Å². The van der Waals surface area contributed by atoms with Gasteiger partial charge in [-0.25, -0.2) is 18.7 Å². The fourth-order valence-corrected chi connectivity index (χ4v) is 5.06. The van der Waals surface area contributed by atoms with Crippen molar-refractivity contribution >= 4 is 26.6 Å². The molecule has 0 bridgehead atoms. The van der Waals surface area contributed by atoms with Gasteiger partial charge < -0.3 is 4.74 Å². The van der Waals surface area contributed by atoms with Gasteiger partial charge in [-0.15, -0.1) is 0 Å². The first-order chi connectivity index (χ1) is 16.8. The normalized spacial score (nSPS) is 18.3. The molecule has 1 aliphatic heterocycles. The predicted octanol–water partition coefficient (Wildman–Crippen LogP) is 3.59. The highest BCUT2D eigenvalue weighted by atomic mass is 32.2. The molecule has 3 aromatic rings. The molecule has 35 heavy (non-hydrogen) atoms. The molecule has 0 saturated carbocycles. The van der Waals surface area contributed by atoms with E-state index in [1.807, 2.05) is 24.3 Å². The van der Waals surface area contributed by atoms with E-state index in [0.29, 0.717) is 13.0 Å². The number of hydrogen-bond donors (Lipinski definition) is 1. The summed E-state index contributed by atoms with van der Waals surface area (Å²) >= 11 is 0. The molecular weight excluding hydrogens is 466 g/mol. The van der Waals surface area contributed by atoms with Crippen molar-refractivity contribution in [3.63, 3.8) is 0 Å². The highest BCUT2D eigenvalue weighted by molar-refractivity contribution is 7.92. The van der Waals surface area contributed by atoms with Gasteiger partial charge in [0.2, 0.25) is 0 Å². The van der Waals surface area contributed by atoms with E-state index in [9.17, 15) is 13.2 Å². The summed E-state index contributed by atoms with van der Waals surface area (Å²) in [4.78, 5) is 18.3. The third-order valence-electron chi connectivity index (χ3n) is 6.77. The Morgan fingerprint density at radius 1 is 1.17 bits per heavy atom. The van der Waals surface area contributed by atoms with Crippen molar-refractivity contribution in [3.05, 3.63) is 65.9 Å². The molecule has 2 aromatic carbocycles. The minimum atomic E-state index is -3.74. The first-order valence-electron chi connectivity index (χ1n) is 12.0. The molecule has 2 atom stereocenters. The summed E-state index contributed by atoms with van der Waals surface area (Å²) in [5.41, 5.74) is 5.73. The first-order valence-corrected chi connectivity index (χ1v) is 13.9. The van der Waals surface area contributed by atoms with Crippen LogP contribution in [0.3, 0.4) is 0 Å². The predicted molar refractivity (Wildman–Crippen MR) is 134 cm³/mol. The van der Waals surface area contributed by atoms with Gasteiger partial charge in [-0.2, -0.15) is 5.10 Å². The summed E-state index contributed by atoms with van der Waals surface area (Å²) in [7, 11) is -3.74. The van der Waals surface area contributed by atoms with E-state index in [1.54, 1.807) is 10.9 Å². The molecule has 0 radical (unpaired) electrons. The number of hydroxylamine groups is 1. The summed E-state index contributed by atoms with van der Waals surface area (Å²) in [6, 6.07) is 16.5. The second-order valence-corrected chi connectivity index (χ2v) is 11.8. The van der Waals surface area contributed by atoms with E-state index >= 15 is 0 Å². The van der Waals surface area contributed by atoms with Gasteiger partial charge in [-0.3, -0.25) is 9.48 Å². The number of ether oxygens (including phenoxy) is 1. The second kappa shape index (κ2) is 10.9. The van der Waals surface area contributed by atoms with Crippen LogP contribution in [0.15, 0.2) is 54.7 Å². The second-order valence-electron chi connectivity index (χ2n) is 9.34. The summed E-state index contributed by atoms with van der Waals surface area (Å²) < 4.78 is 30.8. The van der Waals surface area contributed by atoms with Crippen molar-refractivity contribution in [1.29, 1.82) is 0 Å². The zero-order valence-corrected chi connectivity index (χ0v) is 21.1. The maximum Gasteiger partial charge on any atom is 0.264 e. The number of carbonyl (C=O) groups excluding carboxylic acids is 1. The number of nitrogens with one attached hydrogen (secondary N) is 1. The fraction of sp³-hybridized carbons (Fsp3) is 0.462. The van der Waals surface area contributed by atoms with Gasteiger partial charge in [0.25, 0.3) is 5.91 Å². The lowest BCUT2D eigenvalue weighted by Crippen LogP contribution is -2.51. The van der Waals surface area contributed by atoms with Crippen LogP contribution < -0.4 is 5.48 Å². The number of aromatic nitrogens is 2. The van der Waals surface area contributed by atoms with Crippen molar-refractivity contribution < 1.29 is 22.8 Å². The SMILES string of the molecule is C[C@](CCn1ncc2cc(CCc3ccccc3)ccc21)(C(=O)NOC1CCCCO1)S(C)(=O)=O. The maximum absolute atomic E-state index is 12.9. The van der Waals surface area contributed by atoms with Crippen molar-refractivity contribution in [2.24, 2.45) is 0 Å². The summed E-state index contributed by atoms with van der Waals surface area (Å²) in [6.07, 6.45) is 6.76. The van der Waals surface area contributed by atoms with Crippen LogP contribution in [0.4, 0.5) is 0 Å². The quantitative estimate of drug-likeness (QED) is 0.428. The molecule has 1 fully saturated rings. The zero-order chi connectivity index (χ0) is 24.9. The van der Waals surface area contributed by atoms with E-state index in [4.69, 9.17) is 9.57 Å². The fourth-order valence-electron chi connectivity index (χ4n) is 4.22. The number of carbonyl (C=O) groups is 1. The lowest BCUT2D eigenvalue weighted by atomic mass is 10.0. The lowest BCUT2D eigenvalue weighted by Gasteiger charge is -2.28. The van der Waals surface area contributed by atoms with Crippen LogP contribution in [-0.4, -0.2) is 48.0 Å². The number of aryl methyl sites for hydroxylation is 3. The Labute approximate surface area is 206 Å². The molecule has 4 rings (SSSR count). The molecule has 0 spiro atoms. The zero-order valence-electron chi connectivity index (χ0n) is 20.3. The van der Waals surface area contributed by atoms with Crippen LogP contribution in [0.1, 0.15) is 43.7 Å². The van der Waals surface area contributed by atoms with E-state index in [0.717, 1.165) is 42.8 Å². The van der Waals surface area contributed by atoms with Crippen LogP contribution in [0, 0.1) is 0 Å². The molecule has 8 nitrogen and oxygen atoms in total. The number of benzene rings is 2. The molecule has 9 heteroatoms. The van der Waals surface area contributed by atoms with Gasteiger partial charge in [0.15, 0.2) is 20.9 Å². The monoisotopic (exact) mass is 499 g/mol. The van der Waals surface area contributed by atoms with Crippen molar-refractivity contribution in [1.82, 2.24) is 15.3 Å². The third kappa shape index (κ3) is 6.09. The van der Waals surface area contributed by atoms with Crippen molar-refractivity contribution in [2.75, 3.05) is 12.9 Å². The van der Waals surface area contributed by atoms with E-state index < -0.39 is 26.8 Å². The van der Waals surface area contributed by atoms with Gasteiger partial charge >= 0.3 is 0 Å². The lowest BCUT2D eigenvalue weighted by molar-refractivity contribution is -0.201. The molecular formula is C26H33N3O5S. The van der Waals surface area contributed by atoms with Gasteiger partial charge in [0.05, 0.1) is 11.7 Å². The molecule has 1 N–H and O–H groups in total. The Morgan fingerprint density at radius 3 is 2.66 bits per heavy atom. The third-order valence-corrected chi connectivity index (χ3v) is 8.80. The molecule has 188 valence electrons. The number of sulfone groups is 1. The largest absolute Gasteiger partial charge is 0.350 e. The Kier molecular flexibility index (Phi) is 7.88. The van der Waals surface area contributed by atoms with Crippen LogP contribution in [0.5, 0.6) is 0 Å². The van der Waals surface area contributed by atoms with Crippen LogP contribution in [0.25, 0.3) is 10.9 Å². The van der Waals surface area contributed by atoms with Crippen LogP contribution in [-0.2, 0) is 43.6 Å². The molecule has 1 unspecified atom stereocenters. The molecule has 1 aliphatic rings. The summed E-state index contributed by atoms with van der Waals surface area (Å²) in [5, 5.41) is 5.44. The molecule has 2 heterocycles. The van der Waals surface area contributed by atoms with Gasteiger partial charge in [0.1, 0.15) is 0 Å². The minimum absolute atomic E-state index is 0.0547. The topological polar surface area (TPSA) is 99.5 Å².